The number of methoxy groups -OCH3 is 1. The van der Waals surface area contributed by atoms with Crippen LogP contribution >= 0.6 is 0 Å². The van der Waals surface area contributed by atoms with Crippen LogP contribution in [-0.4, -0.2) is 45.9 Å². The second kappa shape index (κ2) is 9.96. The predicted octanol–water partition coefficient (Wildman–Crippen LogP) is 4.90. The summed E-state index contributed by atoms with van der Waals surface area (Å²) in [4.78, 5) is 19.8. The highest BCUT2D eigenvalue weighted by Gasteiger charge is 2.20. The van der Waals surface area contributed by atoms with E-state index in [2.05, 4.69) is 15.3 Å². The molecule has 4 aromatic rings. The van der Waals surface area contributed by atoms with Crippen LogP contribution in [0, 0.1) is 18.6 Å². The number of hydrogen-bond acceptors (Lipinski definition) is 6. The highest BCUT2D eigenvalue weighted by Crippen LogP contribution is 2.32. The first-order valence-corrected chi connectivity index (χ1v) is 10.9. The molecule has 0 fully saturated rings. The number of fused-ring (bicyclic) bond motifs is 1. The number of ether oxygens (including phenoxy) is 2. The second-order valence-electron chi connectivity index (χ2n) is 7.73. The number of nitrogens with one attached hydrogen (secondary N) is 1. The number of hydrogen-bond donors (Lipinski definition) is 2. The van der Waals surface area contributed by atoms with E-state index < -0.39 is 17.3 Å². The number of carbonyl (C=O) groups is 1. The lowest BCUT2D eigenvalue weighted by Gasteiger charge is -2.13. The lowest BCUT2D eigenvalue weighted by Crippen LogP contribution is -2.13. The molecule has 0 saturated carbocycles. The minimum absolute atomic E-state index is 0.0736. The van der Waals surface area contributed by atoms with Crippen molar-refractivity contribution in [1.82, 2.24) is 14.5 Å². The van der Waals surface area contributed by atoms with E-state index in [9.17, 15) is 18.7 Å². The Labute approximate surface area is 200 Å². The average Bonchev–Trinajstić information content (AvgIpc) is 3.16. The Morgan fingerprint density at radius 2 is 1.91 bits per heavy atom. The summed E-state index contributed by atoms with van der Waals surface area (Å²) < 4.78 is 41.6. The van der Waals surface area contributed by atoms with Crippen molar-refractivity contribution in [1.29, 1.82) is 0 Å². The maximum absolute atomic E-state index is 14.6. The largest absolute Gasteiger partial charge is 0.496 e. The zero-order valence-electron chi connectivity index (χ0n) is 19.4. The Morgan fingerprint density at radius 1 is 1.11 bits per heavy atom. The summed E-state index contributed by atoms with van der Waals surface area (Å²) in [6.45, 7) is 4.64. The predicted molar refractivity (Wildman–Crippen MR) is 127 cm³/mol. The van der Waals surface area contributed by atoms with E-state index in [4.69, 9.17) is 9.47 Å². The summed E-state index contributed by atoms with van der Waals surface area (Å²) in [5, 5.41) is 13.2. The maximum atomic E-state index is 14.6. The van der Waals surface area contributed by atoms with Gasteiger partial charge in [0.1, 0.15) is 40.8 Å². The SMILES string of the molecule is CCOc1cc(-c2cc(NCCn3c(C)cc4c(OC)ccc(F)c43)ncn2)cc(F)c1C(=O)O. The van der Waals surface area contributed by atoms with Crippen molar-refractivity contribution in [3.63, 3.8) is 0 Å². The van der Waals surface area contributed by atoms with Crippen molar-refractivity contribution in [2.75, 3.05) is 25.6 Å². The van der Waals surface area contributed by atoms with Gasteiger partial charge in [0, 0.05) is 35.8 Å². The fourth-order valence-electron chi connectivity index (χ4n) is 4.02. The third-order valence-electron chi connectivity index (χ3n) is 5.57. The summed E-state index contributed by atoms with van der Waals surface area (Å²) in [5.41, 5.74) is 1.55. The molecule has 182 valence electrons. The van der Waals surface area contributed by atoms with Crippen LogP contribution in [-0.2, 0) is 6.54 Å². The Morgan fingerprint density at radius 3 is 2.63 bits per heavy atom. The van der Waals surface area contributed by atoms with Crippen molar-refractivity contribution in [3.8, 4) is 22.8 Å². The molecule has 0 radical (unpaired) electrons. The van der Waals surface area contributed by atoms with Gasteiger partial charge in [0.25, 0.3) is 0 Å². The van der Waals surface area contributed by atoms with Crippen LogP contribution in [0.4, 0.5) is 14.6 Å². The Bertz CT molecular complexity index is 1400. The molecule has 0 aliphatic rings. The van der Waals surface area contributed by atoms with Gasteiger partial charge in [-0.2, -0.15) is 0 Å². The van der Waals surface area contributed by atoms with Crippen LogP contribution < -0.4 is 14.8 Å². The summed E-state index contributed by atoms with van der Waals surface area (Å²) in [6.07, 6.45) is 1.32. The van der Waals surface area contributed by atoms with E-state index >= 15 is 0 Å². The van der Waals surface area contributed by atoms with Gasteiger partial charge in [-0.05, 0) is 44.2 Å². The normalized spacial score (nSPS) is 11.0. The Kier molecular flexibility index (Phi) is 6.81. The van der Waals surface area contributed by atoms with Crippen LogP contribution in [0.5, 0.6) is 11.5 Å². The molecule has 4 rings (SSSR count). The quantitative estimate of drug-likeness (QED) is 0.350. The minimum atomic E-state index is -1.41. The molecule has 10 heteroatoms. The Hall–Kier alpha value is -4.21. The number of aryl methyl sites for hydroxylation is 1. The third-order valence-corrected chi connectivity index (χ3v) is 5.57. The van der Waals surface area contributed by atoms with Crippen molar-refractivity contribution in [2.45, 2.75) is 20.4 Å². The molecule has 0 unspecified atom stereocenters. The van der Waals surface area contributed by atoms with E-state index in [-0.39, 0.29) is 18.2 Å². The van der Waals surface area contributed by atoms with Gasteiger partial charge in [-0.25, -0.2) is 23.5 Å². The van der Waals surface area contributed by atoms with Crippen molar-refractivity contribution >= 4 is 22.7 Å². The first-order valence-electron chi connectivity index (χ1n) is 10.9. The van der Waals surface area contributed by atoms with E-state index in [0.29, 0.717) is 46.8 Å². The summed E-state index contributed by atoms with van der Waals surface area (Å²) in [7, 11) is 1.55. The molecular weight excluding hydrogens is 458 g/mol. The van der Waals surface area contributed by atoms with Gasteiger partial charge < -0.3 is 24.5 Å². The first-order chi connectivity index (χ1) is 16.8. The highest BCUT2D eigenvalue weighted by molar-refractivity contribution is 5.92. The van der Waals surface area contributed by atoms with Crippen molar-refractivity contribution in [2.24, 2.45) is 0 Å². The number of carboxylic acids is 1. The molecule has 2 aromatic carbocycles. The smallest absolute Gasteiger partial charge is 0.342 e. The Balaban J connectivity index is 1.56. The van der Waals surface area contributed by atoms with Crippen LogP contribution in [0.3, 0.4) is 0 Å². The molecule has 2 heterocycles. The van der Waals surface area contributed by atoms with Gasteiger partial charge in [0.05, 0.1) is 24.9 Å². The fraction of sp³-hybridized carbons (Fsp3) is 0.240. The second-order valence-corrected chi connectivity index (χ2v) is 7.73. The van der Waals surface area contributed by atoms with E-state index in [1.807, 2.05) is 17.6 Å². The number of carboxylic acid groups (broad SMARTS) is 1. The molecule has 0 bridgehead atoms. The highest BCUT2D eigenvalue weighted by atomic mass is 19.1. The molecule has 0 aliphatic heterocycles. The molecule has 0 saturated heterocycles. The molecule has 0 aliphatic carbocycles. The topological polar surface area (TPSA) is 98.5 Å². The lowest BCUT2D eigenvalue weighted by molar-refractivity contribution is 0.0687. The molecule has 0 atom stereocenters. The zero-order valence-corrected chi connectivity index (χ0v) is 19.4. The molecule has 35 heavy (non-hydrogen) atoms. The summed E-state index contributed by atoms with van der Waals surface area (Å²) in [5.74, 6) is -1.67. The third kappa shape index (κ3) is 4.72. The number of rotatable bonds is 9. The molecule has 2 N–H and O–H groups in total. The standard InChI is InChI=1S/C25H24F2N4O4/c1-4-35-21-11-15(10-18(27)23(21)25(32)33)19-12-22(30-13-29-19)28-7-8-31-14(2)9-16-20(34-3)6-5-17(26)24(16)31/h5-6,9-13H,4,7-8H2,1-3H3,(H,32,33)(H,28,29,30). The molecule has 0 spiro atoms. The first kappa shape index (κ1) is 23.9. The monoisotopic (exact) mass is 482 g/mol. The molecular formula is C25H24F2N4O4. The van der Waals surface area contributed by atoms with Crippen LogP contribution in [0.2, 0.25) is 0 Å². The zero-order chi connectivity index (χ0) is 25.1. The lowest BCUT2D eigenvalue weighted by atomic mass is 10.1. The number of aromatic nitrogens is 3. The number of nitrogens with zero attached hydrogens (tertiary/aromatic N) is 3. The fourth-order valence-corrected chi connectivity index (χ4v) is 4.02. The van der Waals surface area contributed by atoms with Gasteiger partial charge in [0.2, 0.25) is 0 Å². The van der Waals surface area contributed by atoms with Gasteiger partial charge in [0.15, 0.2) is 0 Å². The number of benzene rings is 2. The van der Waals surface area contributed by atoms with E-state index in [1.54, 1.807) is 26.2 Å². The average molecular weight is 482 g/mol. The van der Waals surface area contributed by atoms with Crippen molar-refractivity contribution in [3.05, 3.63) is 65.6 Å². The van der Waals surface area contributed by atoms with Gasteiger partial charge in [-0.15, -0.1) is 0 Å². The van der Waals surface area contributed by atoms with Crippen LogP contribution in [0.25, 0.3) is 22.2 Å². The van der Waals surface area contributed by atoms with E-state index in [0.717, 1.165) is 11.8 Å². The van der Waals surface area contributed by atoms with Crippen LogP contribution in [0.15, 0.2) is 42.7 Å². The number of aromatic carboxylic acids is 1. The van der Waals surface area contributed by atoms with E-state index in [1.165, 1.54) is 18.5 Å². The van der Waals surface area contributed by atoms with Gasteiger partial charge in [-0.3, -0.25) is 0 Å². The summed E-state index contributed by atoms with van der Waals surface area (Å²) >= 11 is 0. The van der Waals surface area contributed by atoms with Gasteiger partial charge in [-0.1, -0.05) is 0 Å². The van der Waals surface area contributed by atoms with Crippen molar-refractivity contribution < 1.29 is 28.2 Å². The maximum Gasteiger partial charge on any atom is 0.342 e. The van der Waals surface area contributed by atoms with Crippen LogP contribution in [0.1, 0.15) is 23.0 Å². The molecule has 8 nitrogen and oxygen atoms in total. The number of halogens is 2. The summed E-state index contributed by atoms with van der Waals surface area (Å²) in [6, 6.07) is 9.02. The molecule has 0 amide bonds. The minimum Gasteiger partial charge on any atom is -0.496 e. The molecule has 2 aromatic heterocycles. The number of anilines is 1. The van der Waals surface area contributed by atoms with Gasteiger partial charge >= 0.3 is 5.97 Å².